The van der Waals surface area contributed by atoms with E-state index >= 15 is 0 Å². The van der Waals surface area contributed by atoms with Crippen LogP contribution in [0.3, 0.4) is 0 Å². The zero-order valence-corrected chi connectivity index (χ0v) is 13.4. The van der Waals surface area contributed by atoms with Gasteiger partial charge in [0.2, 0.25) is 0 Å². The minimum absolute atomic E-state index is 0.00694. The lowest BCUT2D eigenvalue weighted by Crippen LogP contribution is -2.55. The summed E-state index contributed by atoms with van der Waals surface area (Å²) in [5, 5.41) is 34.7. The first-order valence-electron chi connectivity index (χ1n) is 7.42. The highest BCUT2D eigenvalue weighted by atomic mass is 16.4. The molecule has 4 N–H and O–H groups in total. The fraction of sp³-hybridized carbons (Fsp3) is 0.500. The van der Waals surface area contributed by atoms with Crippen LogP contribution in [-0.4, -0.2) is 53.9 Å². The van der Waals surface area contributed by atoms with Crippen LogP contribution >= 0.6 is 0 Å². The van der Waals surface area contributed by atoms with Gasteiger partial charge in [-0.2, -0.15) is 0 Å². The highest BCUT2D eigenvalue weighted by Crippen LogP contribution is 1.96. The van der Waals surface area contributed by atoms with Gasteiger partial charge in [0.15, 0.2) is 0 Å². The summed E-state index contributed by atoms with van der Waals surface area (Å²) in [6, 6.07) is 3.46. The largest absolute Gasteiger partial charge is 0.467 e. The van der Waals surface area contributed by atoms with Gasteiger partial charge in [0.25, 0.3) is 0 Å². The molecule has 140 valence electrons. The molecule has 0 aliphatic heterocycles. The third-order valence-corrected chi connectivity index (χ3v) is 3.09. The Morgan fingerprint density at radius 1 is 0.760 bits per heavy atom. The van der Waals surface area contributed by atoms with E-state index < -0.39 is 36.9 Å². The van der Waals surface area contributed by atoms with Crippen LogP contribution in [0.15, 0.2) is 37.2 Å². The van der Waals surface area contributed by atoms with E-state index in [0.29, 0.717) is 19.5 Å². The minimum atomic E-state index is -0.887. The second-order valence-electron chi connectivity index (χ2n) is 4.71. The summed E-state index contributed by atoms with van der Waals surface area (Å²) < 4.78 is 6.79. The van der Waals surface area contributed by atoms with Crippen molar-refractivity contribution in [3.8, 4) is 0 Å². The van der Waals surface area contributed by atoms with E-state index in [1.165, 1.54) is 6.26 Å². The summed E-state index contributed by atoms with van der Waals surface area (Å²) in [5.74, 6) is 0.611. The van der Waals surface area contributed by atoms with Gasteiger partial charge in [-0.3, -0.25) is 0 Å². The van der Waals surface area contributed by atoms with Gasteiger partial charge >= 0.3 is 17.1 Å². The van der Waals surface area contributed by atoms with E-state index in [2.05, 4.69) is 0 Å². The van der Waals surface area contributed by atoms with E-state index in [1.54, 1.807) is 12.1 Å². The highest BCUT2D eigenvalue weighted by molar-refractivity contribution is 4.95. The molecule has 0 aromatic carbocycles. The van der Waals surface area contributed by atoms with Crippen LogP contribution < -0.4 is 17.1 Å². The summed E-state index contributed by atoms with van der Waals surface area (Å²) in [4.78, 5) is 35.3. The van der Waals surface area contributed by atoms with Crippen LogP contribution in [0.25, 0.3) is 0 Å². The van der Waals surface area contributed by atoms with Gasteiger partial charge in [0, 0.05) is 0 Å². The number of rotatable bonds is 7. The number of aliphatic hydroxyl groups is 4. The molecule has 0 spiro atoms. The molecule has 0 aliphatic carbocycles. The third kappa shape index (κ3) is 5.26. The van der Waals surface area contributed by atoms with Crippen LogP contribution in [0.1, 0.15) is 5.76 Å². The van der Waals surface area contributed by atoms with Crippen molar-refractivity contribution in [3.05, 3.63) is 55.6 Å². The second-order valence-corrected chi connectivity index (χ2v) is 4.71. The fourth-order valence-electron chi connectivity index (χ4n) is 1.96. The van der Waals surface area contributed by atoms with Crippen LogP contribution in [0.2, 0.25) is 0 Å². The Morgan fingerprint density at radius 2 is 1.16 bits per heavy atom. The zero-order valence-electron chi connectivity index (χ0n) is 13.4. The van der Waals surface area contributed by atoms with Crippen molar-refractivity contribution >= 4 is 0 Å². The van der Waals surface area contributed by atoms with Gasteiger partial charge in [0.1, 0.15) is 12.4 Å². The molecule has 11 nitrogen and oxygen atoms in total. The molecule has 0 bridgehead atoms. The molecule has 2 aromatic rings. The SMILES string of the molecule is O=c1n(CCO)c(=O)n(CCO)c(=O)n1CCO.OCc1ccco1. The van der Waals surface area contributed by atoms with Crippen molar-refractivity contribution in [1.29, 1.82) is 0 Å². The molecule has 2 heterocycles. The predicted molar refractivity (Wildman–Crippen MR) is 85.1 cm³/mol. The summed E-state index contributed by atoms with van der Waals surface area (Å²) in [5.41, 5.74) is -2.66. The number of aliphatic hydroxyl groups excluding tert-OH is 4. The average Bonchev–Trinajstić information content (AvgIpc) is 3.14. The summed E-state index contributed by atoms with van der Waals surface area (Å²) in [7, 11) is 0. The van der Waals surface area contributed by atoms with Crippen molar-refractivity contribution in [2.24, 2.45) is 0 Å². The monoisotopic (exact) mass is 359 g/mol. The smallest absolute Gasteiger partial charge is 0.336 e. The van der Waals surface area contributed by atoms with Crippen LogP contribution in [0.4, 0.5) is 0 Å². The van der Waals surface area contributed by atoms with Gasteiger partial charge in [-0.25, -0.2) is 28.1 Å². The summed E-state index contributed by atoms with van der Waals surface area (Å²) >= 11 is 0. The molecule has 0 unspecified atom stereocenters. The predicted octanol–water partition coefficient (Wildman–Crippen LogP) is -3.08. The molecule has 0 atom stereocenters. The van der Waals surface area contributed by atoms with Gasteiger partial charge in [0.05, 0.1) is 45.7 Å². The molecule has 0 saturated carbocycles. The maximum atomic E-state index is 11.8. The number of furan rings is 1. The Morgan fingerprint density at radius 3 is 1.36 bits per heavy atom. The summed E-state index contributed by atoms with van der Waals surface area (Å²) in [6.07, 6.45) is 1.53. The lowest BCUT2D eigenvalue weighted by atomic mass is 10.5. The van der Waals surface area contributed by atoms with Crippen LogP contribution in [0.5, 0.6) is 0 Å². The quantitative estimate of drug-likeness (QED) is 0.405. The Labute approximate surface area is 141 Å². The van der Waals surface area contributed by atoms with Gasteiger partial charge < -0.3 is 24.8 Å². The van der Waals surface area contributed by atoms with E-state index in [1.807, 2.05) is 0 Å². The van der Waals surface area contributed by atoms with E-state index in [0.717, 1.165) is 0 Å². The standard InChI is InChI=1S/C9H15N3O6.C5H6O2/c13-4-1-10-7(16)11(2-5-14)9(18)12(3-6-15)8(10)17;6-4-5-2-1-3-7-5/h13-15H,1-6H2;1-3,6H,4H2. The fourth-order valence-corrected chi connectivity index (χ4v) is 1.96. The number of nitrogens with zero attached hydrogens (tertiary/aromatic N) is 3. The van der Waals surface area contributed by atoms with Crippen molar-refractivity contribution in [2.75, 3.05) is 19.8 Å². The van der Waals surface area contributed by atoms with Crippen molar-refractivity contribution < 1.29 is 24.8 Å². The third-order valence-electron chi connectivity index (χ3n) is 3.09. The molecular weight excluding hydrogens is 338 g/mol. The Bertz CT molecular complexity index is 692. The molecule has 11 heteroatoms. The lowest BCUT2D eigenvalue weighted by molar-refractivity contribution is 0.239. The van der Waals surface area contributed by atoms with E-state index in [-0.39, 0.29) is 26.2 Å². The first-order valence-corrected chi connectivity index (χ1v) is 7.42. The first kappa shape index (κ1) is 20.6. The van der Waals surface area contributed by atoms with Crippen molar-refractivity contribution in [3.63, 3.8) is 0 Å². The Hall–Kier alpha value is -2.47. The van der Waals surface area contributed by atoms with Crippen molar-refractivity contribution in [1.82, 2.24) is 13.7 Å². The molecule has 0 amide bonds. The van der Waals surface area contributed by atoms with Crippen LogP contribution in [0, 0.1) is 0 Å². The molecule has 0 radical (unpaired) electrons. The highest BCUT2D eigenvalue weighted by Gasteiger charge is 2.14. The molecule has 0 saturated heterocycles. The Kier molecular flexibility index (Phi) is 8.56. The number of aromatic nitrogens is 3. The summed E-state index contributed by atoms with van der Waals surface area (Å²) in [6.45, 7) is -2.09. The molecule has 0 aliphatic rings. The number of hydrogen-bond acceptors (Lipinski definition) is 8. The number of hydrogen-bond donors (Lipinski definition) is 4. The molecule has 25 heavy (non-hydrogen) atoms. The topological polar surface area (TPSA) is 160 Å². The minimum Gasteiger partial charge on any atom is -0.467 e. The van der Waals surface area contributed by atoms with Gasteiger partial charge in [-0.05, 0) is 12.1 Å². The first-order chi connectivity index (χ1) is 12.0. The van der Waals surface area contributed by atoms with Gasteiger partial charge in [-0.15, -0.1) is 0 Å². The Balaban J connectivity index is 0.000000370. The average molecular weight is 359 g/mol. The molecular formula is C14H21N3O8. The molecule has 2 rings (SSSR count). The maximum Gasteiger partial charge on any atom is 0.336 e. The maximum absolute atomic E-state index is 11.8. The van der Waals surface area contributed by atoms with E-state index in [4.69, 9.17) is 24.8 Å². The molecule has 0 fully saturated rings. The van der Waals surface area contributed by atoms with Gasteiger partial charge in [-0.1, -0.05) is 0 Å². The van der Waals surface area contributed by atoms with E-state index in [9.17, 15) is 14.4 Å². The second kappa shape index (κ2) is 10.4. The molecule has 2 aromatic heterocycles. The van der Waals surface area contributed by atoms with Crippen molar-refractivity contribution in [2.45, 2.75) is 26.2 Å². The lowest BCUT2D eigenvalue weighted by Gasteiger charge is -2.11. The normalized spacial score (nSPS) is 10.4. The van der Waals surface area contributed by atoms with Crippen LogP contribution in [-0.2, 0) is 26.2 Å². The zero-order chi connectivity index (χ0) is 18.8.